The van der Waals surface area contributed by atoms with Crippen LogP contribution in [-0.4, -0.2) is 70.8 Å². The Balaban J connectivity index is 1.82. The summed E-state index contributed by atoms with van der Waals surface area (Å²) < 4.78 is 28.0. The van der Waals surface area contributed by atoms with Crippen LogP contribution in [0.3, 0.4) is 0 Å². The van der Waals surface area contributed by atoms with Gasteiger partial charge in [0, 0.05) is 31.6 Å². The van der Waals surface area contributed by atoms with E-state index < -0.39 is 9.84 Å². The molecule has 0 aromatic carbocycles. The van der Waals surface area contributed by atoms with E-state index in [-0.39, 0.29) is 0 Å². The molecule has 2 unspecified atom stereocenters. The lowest BCUT2D eigenvalue weighted by molar-refractivity contribution is 0.169. The Hall–Kier alpha value is -0.170. The predicted molar refractivity (Wildman–Crippen MR) is 62.3 cm³/mol. The Kier molecular flexibility index (Phi) is 3.84. The molecule has 5 nitrogen and oxygen atoms in total. The second-order valence-corrected chi connectivity index (χ2v) is 6.95. The van der Waals surface area contributed by atoms with E-state index in [4.69, 9.17) is 4.74 Å². The van der Waals surface area contributed by atoms with Crippen molar-refractivity contribution in [1.29, 1.82) is 0 Å². The van der Waals surface area contributed by atoms with Crippen LogP contribution in [0.2, 0.25) is 0 Å². The Labute approximate surface area is 97.1 Å². The van der Waals surface area contributed by atoms with E-state index in [0.717, 1.165) is 19.8 Å². The van der Waals surface area contributed by atoms with Crippen LogP contribution in [0.5, 0.6) is 0 Å². The van der Waals surface area contributed by atoms with Gasteiger partial charge in [-0.25, -0.2) is 8.42 Å². The summed E-state index contributed by atoms with van der Waals surface area (Å²) in [5.41, 5.74) is 0. The van der Waals surface area contributed by atoms with Gasteiger partial charge < -0.3 is 15.0 Å². The van der Waals surface area contributed by atoms with E-state index in [0.29, 0.717) is 36.6 Å². The Morgan fingerprint density at radius 2 is 2.00 bits per heavy atom. The molecule has 94 valence electrons. The third-order valence-electron chi connectivity index (χ3n) is 3.50. The molecule has 0 aromatic rings. The lowest BCUT2D eigenvalue weighted by Gasteiger charge is -2.30. The molecule has 2 rings (SSSR count). The normalized spacial score (nSPS) is 35.3. The summed E-state index contributed by atoms with van der Waals surface area (Å²) in [6, 6.07) is 0.415. The Morgan fingerprint density at radius 3 is 2.62 bits per heavy atom. The first kappa shape index (κ1) is 12.3. The maximum absolute atomic E-state index is 11.3. The highest BCUT2D eigenvalue weighted by molar-refractivity contribution is 7.91. The van der Waals surface area contributed by atoms with Crippen molar-refractivity contribution in [3.8, 4) is 0 Å². The number of likely N-dealkylation sites (N-methyl/N-ethyl adjacent to an activating group) is 1. The molecule has 2 aliphatic heterocycles. The lowest BCUT2D eigenvalue weighted by Crippen LogP contribution is -2.46. The van der Waals surface area contributed by atoms with Gasteiger partial charge in [0.25, 0.3) is 0 Å². The number of hydrogen-bond donors (Lipinski definition) is 1. The van der Waals surface area contributed by atoms with Crippen molar-refractivity contribution in [3.05, 3.63) is 0 Å². The molecule has 0 spiro atoms. The Morgan fingerprint density at radius 1 is 1.31 bits per heavy atom. The number of sulfone groups is 1. The van der Waals surface area contributed by atoms with Crippen LogP contribution in [0.25, 0.3) is 0 Å². The molecule has 2 aliphatic rings. The van der Waals surface area contributed by atoms with E-state index >= 15 is 0 Å². The third-order valence-corrected chi connectivity index (χ3v) is 5.11. The monoisotopic (exact) mass is 248 g/mol. The number of nitrogens with one attached hydrogen (secondary N) is 1. The van der Waals surface area contributed by atoms with E-state index in [1.54, 1.807) is 0 Å². The van der Waals surface area contributed by atoms with E-state index in [1.807, 2.05) is 7.05 Å². The summed E-state index contributed by atoms with van der Waals surface area (Å²) in [5.74, 6) is 1.11. The molecule has 0 bridgehead atoms. The van der Waals surface area contributed by atoms with E-state index in [2.05, 4.69) is 10.2 Å². The minimum atomic E-state index is -2.76. The standard InChI is InChI=1S/C10H20N2O3S/c1-11-10-8-15-7-9(10)6-12-2-4-16(13,14)5-3-12/h9-11H,2-8H2,1H3. The van der Waals surface area contributed by atoms with Gasteiger partial charge in [-0.3, -0.25) is 0 Å². The summed E-state index contributed by atoms with van der Waals surface area (Å²) in [6.45, 7) is 3.85. The number of nitrogens with zero attached hydrogens (tertiary/aromatic N) is 1. The van der Waals surface area contributed by atoms with Crippen molar-refractivity contribution in [3.63, 3.8) is 0 Å². The minimum absolute atomic E-state index is 0.310. The highest BCUT2D eigenvalue weighted by Crippen LogP contribution is 2.16. The fourth-order valence-electron chi connectivity index (χ4n) is 2.36. The van der Waals surface area contributed by atoms with Gasteiger partial charge in [0.1, 0.15) is 0 Å². The van der Waals surface area contributed by atoms with Gasteiger partial charge in [0.05, 0.1) is 24.7 Å². The molecule has 0 saturated carbocycles. The topological polar surface area (TPSA) is 58.6 Å². The van der Waals surface area contributed by atoms with Crippen molar-refractivity contribution in [1.82, 2.24) is 10.2 Å². The van der Waals surface area contributed by atoms with Crippen LogP contribution in [0.15, 0.2) is 0 Å². The van der Waals surface area contributed by atoms with Crippen LogP contribution in [0.4, 0.5) is 0 Å². The average molecular weight is 248 g/mol. The van der Waals surface area contributed by atoms with E-state index in [1.165, 1.54) is 0 Å². The largest absolute Gasteiger partial charge is 0.379 e. The summed E-state index contributed by atoms with van der Waals surface area (Å²) in [4.78, 5) is 2.24. The SMILES string of the molecule is CNC1COCC1CN1CCS(=O)(=O)CC1. The van der Waals surface area contributed by atoms with Crippen LogP contribution in [0, 0.1) is 5.92 Å². The molecule has 6 heteroatoms. The summed E-state index contributed by atoms with van der Waals surface area (Å²) in [6.07, 6.45) is 0. The zero-order valence-electron chi connectivity index (χ0n) is 9.68. The van der Waals surface area contributed by atoms with Crippen molar-refractivity contribution >= 4 is 9.84 Å². The summed E-state index contributed by atoms with van der Waals surface area (Å²) in [7, 11) is -0.806. The molecule has 0 amide bonds. The highest BCUT2D eigenvalue weighted by Gasteiger charge is 2.30. The first-order valence-electron chi connectivity index (χ1n) is 5.78. The number of ether oxygens (including phenoxy) is 1. The van der Waals surface area contributed by atoms with Gasteiger partial charge in [-0.05, 0) is 7.05 Å². The van der Waals surface area contributed by atoms with E-state index in [9.17, 15) is 8.42 Å². The second-order valence-electron chi connectivity index (χ2n) is 4.65. The minimum Gasteiger partial charge on any atom is -0.379 e. The van der Waals surface area contributed by atoms with Crippen LogP contribution in [0.1, 0.15) is 0 Å². The third kappa shape index (κ3) is 2.94. The molecule has 2 atom stereocenters. The molecule has 2 fully saturated rings. The molecule has 0 radical (unpaired) electrons. The number of rotatable bonds is 3. The van der Waals surface area contributed by atoms with Crippen molar-refractivity contribution in [2.45, 2.75) is 6.04 Å². The second kappa shape index (κ2) is 5.00. The predicted octanol–water partition coefficient (Wildman–Crippen LogP) is -1.05. The molecule has 16 heavy (non-hydrogen) atoms. The van der Waals surface area contributed by atoms with Crippen LogP contribution >= 0.6 is 0 Å². The van der Waals surface area contributed by atoms with Gasteiger partial charge in [0.2, 0.25) is 0 Å². The van der Waals surface area contributed by atoms with Crippen molar-refractivity contribution < 1.29 is 13.2 Å². The lowest BCUT2D eigenvalue weighted by atomic mass is 10.0. The van der Waals surface area contributed by atoms with Gasteiger partial charge in [-0.15, -0.1) is 0 Å². The first-order valence-corrected chi connectivity index (χ1v) is 7.60. The molecular formula is C10H20N2O3S. The summed E-state index contributed by atoms with van der Waals surface area (Å²) in [5, 5.41) is 3.25. The van der Waals surface area contributed by atoms with Gasteiger partial charge in [-0.1, -0.05) is 0 Å². The maximum Gasteiger partial charge on any atom is 0.152 e. The molecule has 1 N–H and O–H groups in total. The van der Waals surface area contributed by atoms with Crippen LogP contribution in [-0.2, 0) is 14.6 Å². The summed E-state index contributed by atoms with van der Waals surface area (Å²) >= 11 is 0. The van der Waals surface area contributed by atoms with Crippen molar-refractivity contribution in [2.24, 2.45) is 5.92 Å². The molecule has 2 heterocycles. The van der Waals surface area contributed by atoms with Crippen LogP contribution < -0.4 is 5.32 Å². The fraction of sp³-hybridized carbons (Fsp3) is 1.00. The molecule has 2 saturated heterocycles. The zero-order valence-corrected chi connectivity index (χ0v) is 10.5. The Bertz CT molecular complexity index is 317. The molecule has 0 aromatic heterocycles. The molecule has 0 aliphatic carbocycles. The van der Waals surface area contributed by atoms with Gasteiger partial charge in [0.15, 0.2) is 9.84 Å². The van der Waals surface area contributed by atoms with Gasteiger partial charge in [-0.2, -0.15) is 0 Å². The average Bonchev–Trinajstić information content (AvgIpc) is 2.68. The smallest absolute Gasteiger partial charge is 0.152 e. The van der Waals surface area contributed by atoms with Gasteiger partial charge >= 0.3 is 0 Å². The highest BCUT2D eigenvalue weighted by atomic mass is 32.2. The number of hydrogen-bond acceptors (Lipinski definition) is 5. The fourth-order valence-corrected chi connectivity index (χ4v) is 3.64. The van der Waals surface area contributed by atoms with Crippen molar-refractivity contribution in [2.75, 3.05) is 51.4 Å². The molecular weight excluding hydrogens is 228 g/mol. The zero-order chi connectivity index (χ0) is 11.6. The first-order chi connectivity index (χ1) is 7.61. The quantitative estimate of drug-likeness (QED) is 0.691. The maximum atomic E-state index is 11.3.